The molecule has 6 heterocycles. The van der Waals surface area contributed by atoms with Crippen LogP contribution in [0.5, 0.6) is 0 Å². The van der Waals surface area contributed by atoms with E-state index >= 15 is 0 Å². The van der Waals surface area contributed by atoms with Crippen molar-refractivity contribution in [1.82, 2.24) is 0 Å². The topological polar surface area (TPSA) is 0 Å². The molecule has 0 fully saturated rings. The van der Waals surface area contributed by atoms with Crippen molar-refractivity contribution in [2.24, 2.45) is 0 Å². The van der Waals surface area contributed by atoms with E-state index in [4.69, 9.17) is 0 Å². The van der Waals surface area contributed by atoms with Crippen molar-refractivity contribution in [3.05, 3.63) is 80.0 Å². The Kier molecular flexibility index (Phi) is 24.6. The fraction of sp³-hybridized carbons (Fsp3) is 0.607. The SMILES string of the molecule is CCCCCCc1csc(-c2sc(-c3sc(-c4sc(-c5sc(-c6sc(C)cc6CCCCCC)cc5CCCCCC)cc4CCCCCC)cc3CCCCCC)cc2CCCCCC)c1. The first-order valence-electron chi connectivity index (χ1n) is 27.6. The Labute approximate surface area is 434 Å². The molecule has 0 saturated carbocycles. The van der Waals surface area contributed by atoms with Gasteiger partial charge in [-0.2, -0.15) is 0 Å². The molecule has 0 N–H and O–H groups in total. The summed E-state index contributed by atoms with van der Waals surface area (Å²) in [6.07, 6.45) is 38.8. The van der Waals surface area contributed by atoms with Crippen LogP contribution < -0.4 is 0 Å². The second kappa shape index (κ2) is 30.2. The number of aryl methyl sites for hydroxylation is 7. The van der Waals surface area contributed by atoms with Crippen LogP contribution in [0.4, 0.5) is 0 Å². The Morgan fingerprint density at radius 3 is 0.896 bits per heavy atom. The van der Waals surface area contributed by atoms with Gasteiger partial charge in [0, 0.05) is 53.6 Å². The van der Waals surface area contributed by atoms with E-state index in [1.54, 1.807) is 57.8 Å². The van der Waals surface area contributed by atoms with Crippen LogP contribution in [-0.4, -0.2) is 0 Å². The summed E-state index contributed by atoms with van der Waals surface area (Å²) < 4.78 is 0. The van der Waals surface area contributed by atoms with Gasteiger partial charge >= 0.3 is 0 Å². The van der Waals surface area contributed by atoms with Crippen LogP contribution in [0.3, 0.4) is 0 Å². The summed E-state index contributed by atoms with van der Waals surface area (Å²) in [6, 6.07) is 15.7. The average molecular weight is 1010 g/mol. The summed E-state index contributed by atoms with van der Waals surface area (Å²) in [7, 11) is 0. The second-order valence-corrected chi connectivity index (χ2v) is 26.1. The van der Waals surface area contributed by atoms with Crippen LogP contribution in [0.15, 0.2) is 41.8 Å². The molecular formula is C61H88S6. The normalized spacial score (nSPS) is 11.8. The number of thiophene rings is 6. The predicted octanol–water partition coefficient (Wildman–Crippen LogP) is 23.4. The van der Waals surface area contributed by atoms with E-state index < -0.39 is 0 Å². The van der Waals surface area contributed by atoms with E-state index in [-0.39, 0.29) is 0 Å². The first-order valence-corrected chi connectivity index (χ1v) is 32.6. The maximum absolute atomic E-state index is 2.68. The van der Waals surface area contributed by atoms with E-state index in [2.05, 4.69) is 136 Å². The summed E-state index contributed by atoms with van der Waals surface area (Å²) in [4.78, 5) is 16.9. The maximum atomic E-state index is 2.68. The minimum absolute atomic E-state index is 1.19. The van der Waals surface area contributed by atoms with E-state index in [1.807, 2.05) is 22.7 Å². The molecule has 0 aliphatic rings. The number of hydrogen-bond donors (Lipinski definition) is 0. The van der Waals surface area contributed by atoms with Gasteiger partial charge in [0.15, 0.2) is 0 Å². The van der Waals surface area contributed by atoms with Crippen molar-refractivity contribution in [3.63, 3.8) is 0 Å². The third-order valence-electron chi connectivity index (χ3n) is 13.8. The lowest BCUT2D eigenvalue weighted by Crippen LogP contribution is -1.87. The van der Waals surface area contributed by atoms with Gasteiger partial charge < -0.3 is 0 Å². The van der Waals surface area contributed by atoms with Gasteiger partial charge in [-0.3, -0.25) is 0 Å². The van der Waals surface area contributed by atoms with Gasteiger partial charge in [-0.25, -0.2) is 0 Å². The highest BCUT2D eigenvalue weighted by molar-refractivity contribution is 7.30. The molecule has 0 aromatic carbocycles. The zero-order chi connectivity index (χ0) is 47.2. The number of hydrogen-bond acceptors (Lipinski definition) is 6. The Morgan fingerprint density at radius 1 is 0.284 bits per heavy atom. The van der Waals surface area contributed by atoms with Crippen LogP contribution in [0.2, 0.25) is 0 Å². The van der Waals surface area contributed by atoms with Crippen LogP contribution in [-0.2, 0) is 38.5 Å². The average Bonchev–Trinajstić information content (AvgIpc) is 4.20. The van der Waals surface area contributed by atoms with Crippen LogP contribution in [0, 0.1) is 6.92 Å². The second-order valence-electron chi connectivity index (χ2n) is 19.8. The van der Waals surface area contributed by atoms with Gasteiger partial charge in [-0.05, 0) is 159 Å². The fourth-order valence-corrected chi connectivity index (χ4v) is 17.3. The van der Waals surface area contributed by atoms with Gasteiger partial charge in [-0.15, -0.1) is 68.0 Å². The highest BCUT2D eigenvalue weighted by atomic mass is 32.1. The van der Waals surface area contributed by atoms with Gasteiger partial charge in [0.2, 0.25) is 0 Å². The Morgan fingerprint density at radius 2 is 0.567 bits per heavy atom. The monoisotopic (exact) mass is 1010 g/mol. The molecular weight excluding hydrogens is 925 g/mol. The number of rotatable bonds is 35. The number of unbranched alkanes of at least 4 members (excludes halogenated alkanes) is 18. The minimum atomic E-state index is 1.19. The van der Waals surface area contributed by atoms with Gasteiger partial charge in [0.05, 0.1) is 0 Å². The summed E-state index contributed by atoms with van der Waals surface area (Å²) in [5.41, 5.74) is 9.54. The van der Waals surface area contributed by atoms with E-state index in [0.717, 1.165) is 0 Å². The highest BCUT2D eigenvalue weighted by Gasteiger charge is 2.24. The van der Waals surface area contributed by atoms with Crippen LogP contribution >= 0.6 is 68.0 Å². The minimum Gasteiger partial charge on any atom is -0.143 e. The fourth-order valence-electron chi connectivity index (χ4n) is 9.79. The van der Waals surface area contributed by atoms with Crippen LogP contribution in [0.25, 0.3) is 48.8 Å². The summed E-state index contributed by atoms with van der Waals surface area (Å²) in [6.45, 7) is 16.4. The highest BCUT2D eigenvalue weighted by Crippen LogP contribution is 2.52. The smallest absolute Gasteiger partial charge is 0.0481 e. The lowest BCUT2D eigenvalue weighted by atomic mass is 10.0. The summed E-state index contributed by atoms with van der Waals surface area (Å²) >= 11 is 12.6. The maximum Gasteiger partial charge on any atom is 0.0481 e. The van der Waals surface area contributed by atoms with Gasteiger partial charge in [-0.1, -0.05) is 157 Å². The molecule has 6 aromatic heterocycles. The summed E-state index contributed by atoms with van der Waals surface area (Å²) in [5.74, 6) is 0. The molecule has 0 aliphatic carbocycles. The van der Waals surface area contributed by atoms with Gasteiger partial charge in [0.25, 0.3) is 0 Å². The molecule has 6 heteroatoms. The molecule has 6 rings (SSSR count). The first kappa shape index (κ1) is 54.5. The predicted molar refractivity (Wildman–Crippen MR) is 313 cm³/mol. The van der Waals surface area contributed by atoms with E-state index in [0.29, 0.717) is 0 Å². The Bertz CT molecular complexity index is 2270. The van der Waals surface area contributed by atoms with Crippen LogP contribution in [0.1, 0.15) is 234 Å². The lowest BCUT2D eigenvalue weighted by molar-refractivity contribution is 0.667. The molecule has 0 nitrogen and oxygen atoms in total. The van der Waals surface area contributed by atoms with E-state index in [1.165, 1.54) is 222 Å². The molecule has 368 valence electrons. The Balaban J connectivity index is 1.42. The van der Waals surface area contributed by atoms with Crippen molar-refractivity contribution >= 4 is 68.0 Å². The molecule has 0 bridgehead atoms. The van der Waals surface area contributed by atoms with Crippen molar-refractivity contribution in [2.75, 3.05) is 0 Å². The molecule has 0 spiro atoms. The molecule has 67 heavy (non-hydrogen) atoms. The van der Waals surface area contributed by atoms with E-state index in [9.17, 15) is 0 Å². The van der Waals surface area contributed by atoms with Gasteiger partial charge in [0.1, 0.15) is 0 Å². The molecule has 0 saturated heterocycles. The molecule has 0 amide bonds. The Hall–Kier alpha value is -1.80. The molecule has 0 atom stereocenters. The standard InChI is InChI=1S/C61H88S6/c1-8-14-20-26-32-46-39-52(62-44-46)57-48(34-28-22-16-10-3)40-54(64-57)59-50(36-30-24-18-12-5)42-56(66-59)61-51(37-31-25-19-13-6)43-55(67-61)60-49(35-29-23-17-11-4)41-53(65-60)58-47(38-45(7)63-58)33-27-21-15-9-2/h38-44H,8-37H2,1-7H3. The molecule has 6 aromatic rings. The van der Waals surface area contributed by atoms with Crippen molar-refractivity contribution in [2.45, 2.75) is 241 Å². The summed E-state index contributed by atoms with van der Waals surface area (Å²) in [5, 5.41) is 2.47. The third kappa shape index (κ3) is 16.4. The first-order chi connectivity index (χ1) is 32.9. The quantitative estimate of drug-likeness (QED) is 0.0348. The molecule has 0 radical (unpaired) electrons. The zero-order valence-electron chi connectivity index (χ0n) is 43.2. The van der Waals surface area contributed by atoms with Crippen molar-refractivity contribution in [3.8, 4) is 48.8 Å². The van der Waals surface area contributed by atoms with Crippen molar-refractivity contribution < 1.29 is 0 Å². The largest absolute Gasteiger partial charge is 0.143 e. The lowest BCUT2D eigenvalue weighted by Gasteiger charge is -2.02. The molecule has 0 aliphatic heterocycles. The molecule has 0 unspecified atom stereocenters. The third-order valence-corrected chi connectivity index (χ3v) is 21.4. The van der Waals surface area contributed by atoms with Crippen molar-refractivity contribution in [1.29, 1.82) is 0 Å². The zero-order valence-corrected chi connectivity index (χ0v) is 48.1.